The minimum absolute atomic E-state index is 0.00839. The van der Waals surface area contributed by atoms with Gasteiger partial charge in [-0.05, 0) is 44.2 Å². The molecule has 4 atom stereocenters. The lowest BCUT2D eigenvalue weighted by atomic mass is 10.0. The molecule has 0 radical (unpaired) electrons. The van der Waals surface area contributed by atoms with Gasteiger partial charge in [0.2, 0.25) is 17.7 Å². The van der Waals surface area contributed by atoms with E-state index in [1.807, 2.05) is 0 Å². The lowest BCUT2D eigenvalue weighted by Crippen LogP contribution is -2.56. The van der Waals surface area contributed by atoms with E-state index in [2.05, 4.69) is 10.6 Å². The van der Waals surface area contributed by atoms with Gasteiger partial charge in [-0.25, -0.2) is 4.79 Å². The first kappa shape index (κ1) is 29.7. The molecule has 0 aromatic heterocycles. The maximum atomic E-state index is 13.1. The molecule has 1 aliphatic rings. The highest BCUT2D eigenvalue weighted by Crippen LogP contribution is 2.20. The maximum Gasteiger partial charge on any atom is 0.326 e. The molecule has 1 aromatic rings. The summed E-state index contributed by atoms with van der Waals surface area (Å²) in [5.41, 5.74) is 12.2. The zero-order valence-corrected chi connectivity index (χ0v) is 20.8. The second-order valence-corrected chi connectivity index (χ2v) is 9.16. The number of rotatable bonds is 15. The number of carbonyl (C=O) groups is 5. The SMILES string of the molecule is NCCCCC(N)C(=O)N1CCCC1C(=O)NC(CCC(=O)O)C(=O)NC(Cc1ccccc1)C(=O)O. The highest BCUT2D eigenvalue weighted by Gasteiger charge is 2.38. The molecule has 8 N–H and O–H groups in total. The fraction of sp³-hybridized carbons (Fsp3) is 0.560. The van der Waals surface area contributed by atoms with E-state index >= 15 is 0 Å². The van der Waals surface area contributed by atoms with Crippen molar-refractivity contribution in [1.29, 1.82) is 0 Å². The van der Waals surface area contributed by atoms with E-state index in [9.17, 15) is 29.1 Å². The molecule has 1 aliphatic heterocycles. The summed E-state index contributed by atoms with van der Waals surface area (Å²) in [6, 6.07) is 4.49. The molecule has 1 saturated heterocycles. The average molecular weight is 520 g/mol. The first-order valence-electron chi connectivity index (χ1n) is 12.5. The van der Waals surface area contributed by atoms with E-state index in [0.29, 0.717) is 44.3 Å². The van der Waals surface area contributed by atoms with Crippen LogP contribution in [-0.4, -0.2) is 82.0 Å². The normalized spacial score (nSPS) is 17.5. The molecule has 0 bridgehead atoms. The van der Waals surface area contributed by atoms with E-state index < -0.39 is 54.3 Å². The predicted octanol–water partition coefficient (Wildman–Crippen LogP) is -0.405. The van der Waals surface area contributed by atoms with Crippen LogP contribution < -0.4 is 22.1 Å². The van der Waals surface area contributed by atoms with Crippen molar-refractivity contribution in [2.24, 2.45) is 11.5 Å². The second-order valence-electron chi connectivity index (χ2n) is 9.16. The molecule has 4 unspecified atom stereocenters. The molecule has 2 rings (SSSR count). The van der Waals surface area contributed by atoms with Crippen LogP contribution in [0.1, 0.15) is 50.5 Å². The van der Waals surface area contributed by atoms with E-state index in [-0.39, 0.29) is 18.7 Å². The summed E-state index contributed by atoms with van der Waals surface area (Å²) in [5, 5.41) is 23.7. The Balaban J connectivity index is 2.09. The number of carboxylic acid groups (broad SMARTS) is 2. The minimum Gasteiger partial charge on any atom is -0.481 e. The lowest BCUT2D eigenvalue weighted by Gasteiger charge is -2.28. The van der Waals surface area contributed by atoms with Crippen LogP contribution in [-0.2, 0) is 30.4 Å². The summed E-state index contributed by atoms with van der Waals surface area (Å²) in [5.74, 6) is -4.23. The Morgan fingerprint density at radius 1 is 1.00 bits per heavy atom. The number of nitrogens with one attached hydrogen (secondary N) is 2. The molecule has 1 fully saturated rings. The van der Waals surface area contributed by atoms with Crippen LogP contribution in [0, 0.1) is 0 Å². The number of carboxylic acids is 2. The van der Waals surface area contributed by atoms with Crippen LogP contribution >= 0.6 is 0 Å². The van der Waals surface area contributed by atoms with Crippen molar-refractivity contribution in [2.45, 2.75) is 75.5 Å². The van der Waals surface area contributed by atoms with E-state index in [1.165, 1.54) is 4.90 Å². The van der Waals surface area contributed by atoms with Gasteiger partial charge in [-0.3, -0.25) is 19.2 Å². The molecule has 1 aromatic carbocycles. The smallest absolute Gasteiger partial charge is 0.326 e. The van der Waals surface area contributed by atoms with Gasteiger partial charge in [0.05, 0.1) is 6.04 Å². The molecule has 0 aliphatic carbocycles. The van der Waals surface area contributed by atoms with Crippen LogP contribution in [0.2, 0.25) is 0 Å². The van der Waals surface area contributed by atoms with Crippen LogP contribution in [0.3, 0.4) is 0 Å². The molecule has 1 heterocycles. The molecule has 204 valence electrons. The number of amides is 3. The monoisotopic (exact) mass is 519 g/mol. The molecule has 12 nitrogen and oxygen atoms in total. The summed E-state index contributed by atoms with van der Waals surface area (Å²) in [6.07, 6.45) is 2.12. The summed E-state index contributed by atoms with van der Waals surface area (Å²) in [6.45, 7) is 0.829. The van der Waals surface area contributed by atoms with Gasteiger partial charge >= 0.3 is 11.9 Å². The van der Waals surface area contributed by atoms with Crippen molar-refractivity contribution in [2.75, 3.05) is 13.1 Å². The zero-order valence-electron chi connectivity index (χ0n) is 20.8. The number of carbonyl (C=O) groups excluding carboxylic acids is 3. The third-order valence-corrected chi connectivity index (χ3v) is 6.30. The van der Waals surface area contributed by atoms with Gasteiger partial charge in [-0.15, -0.1) is 0 Å². The van der Waals surface area contributed by atoms with Crippen molar-refractivity contribution in [3.8, 4) is 0 Å². The molecule has 0 spiro atoms. The minimum atomic E-state index is -1.29. The molecule has 3 amide bonds. The number of hydrogen-bond donors (Lipinski definition) is 6. The topological polar surface area (TPSA) is 205 Å². The zero-order chi connectivity index (χ0) is 27.4. The van der Waals surface area contributed by atoms with Crippen LogP contribution in [0.15, 0.2) is 30.3 Å². The van der Waals surface area contributed by atoms with Gasteiger partial charge in [-0.1, -0.05) is 36.8 Å². The van der Waals surface area contributed by atoms with E-state index in [0.717, 1.165) is 6.42 Å². The summed E-state index contributed by atoms with van der Waals surface area (Å²) >= 11 is 0. The summed E-state index contributed by atoms with van der Waals surface area (Å²) < 4.78 is 0. The highest BCUT2D eigenvalue weighted by atomic mass is 16.4. The van der Waals surface area contributed by atoms with E-state index in [1.54, 1.807) is 30.3 Å². The van der Waals surface area contributed by atoms with Gasteiger partial charge in [0, 0.05) is 19.4 Å². The third kappa shape index (κ3) is 9.47. The Labute approximate surface area is 215 Å². The quantitative estimate of drug-likeness (QED) is 0.166. The number of unbranched alkanes of at least 4 members (excludes halogenated alkanes) is 1. The van der Waals surface area contributed by atoms with Crippen molar-refractivity contribution in [3.05, 3.63) is 35.9 Å². The Bertz CT molecular complexity index is 943. The van der Waals surface area contributed by atoms with Crippen molar-refractivity contribution in [1.82, 2.24) is 15.5 Å². The van der Waals surface area contributed by atoms with Crippen LogP contribution in [0.5, 0.6) is 0 Å². The second kappa shape index (κ2) is 14.9. The van der Waals surface area contributed by atoms with Gasteiger partial charge in [0.15, 0.2) is 0 Å². The number of nitrogens with zero attached hydrogens (tertiary/aromatic N) is 1. The number of hydrogen-bond acceptors (Lipinski definition) is 7. The largest absolute Gasteiger partial charge is 0.481 e. The molecular formula is C25H37N5O7. The Hall–Kier alpha value is -3.51. The number of nitrogens with two attached hydrogens (primary N) is 2. The number of benzene rings is 1. The van der Waals surface area contributed by atoms with E-state index in [4.69, 9.17) is 16.6 Å². The fourth-order valence-corrected chi connectivity index (χ4v) is 4.27. The van der Waals surface area contributed by atoms with Crippen molar-refractivity contribution >= 4 is 29.7 Å². The fourth-order valence-electron chi connectivity index (χ4n) is 4.27. The van der Waals surface area contributed by atoms with Gasteiger partial charge in [-0.2, -0.15) is 0 Å². The van der Waals surface area contributed by atoms with Gasteiger partial charge in [0.25, 0.3) is 0 Å². The van der Waals surface area contributed by atoms with Gasteiger partial charge < -0.3 is 37.2 Å². The molecular weight excluding hydrogens is 482 g/mol. The average Bonchev–Trinajstić information content (AvgIpc) is 3.36. The number of aliphatic carboxylic acids is 2. The maximum absolute atomic E-state index is 13.1. The van der Waals surface area contributed by atoms with Crippen molar-refractivity contribution in [3.63, 3.8) is 0 Å². The predicted molar refractivity (Wildman–Crippen MR) is 134 cm³/mol. The first-order valence-corrected chi connectivity index (χ1v) is 12.5. The summed E-state index contributed by atoms with van der Waals surface area (Å²) in [4.78, 5) is 63.3. The lowest BCUT2D eigenvalue weighted by molar-refractivity contribution is -0.143. The van der Waals surface area contributed by atoms with Crippen LogP contribution in [0.25, 0.3) is 0 Å². The molecule has 37 heavy (non-hydrogen) atoms. The first-order chi connectivity index (χ1) is 17.6. The standard InChI is InChI=1S/C25H37N5O7/c26-13-5-4-9-17(27)24(35)30-14-6-10-20(30)23(34)28-18(11-12-21(31)32)22(33)29-19(25(36)37)15-16-7-2-1-3-8-16/h1-3,7-8,17-20H,4-6,9-15,26-27H2,(H,28,34)(H,29,33)(H,31,32)(H,36,37). The Morgan fingerprint density at radius 3 is 2.32 bits per heavy atom. The Morgan fingerprint density at radius 2 is 1.70 bits per heavy atom. The molecule has 12 heteroatoms. The number of likely N-dealkylation sites (tertiary alicyclic amines) is 1. The Kier molecular flexibility index (Phi) is 12.0. The molecule has 0 saturated carbocycles. The van der Waals surface area contributed by atoms with Crippen LogP contribution in [0.4, 0.5) is 0 Å². The highest BCUT2D eigenvalue weighted by molar-refractivity contribution is 5.94. The third-order valence-electron chi connectivity index (χ3n) is 6.30. The van der Waals surface area contributed by atoms with Crippen molar-refractivity contribution < 1.29 is 34.2 Å². The van der Waals surface area contributed by atoms with Gasteiger partial charge in [0.1, 0.15) is 18.1 Å². The summed E-state index contributed by atoms with van der Waals surface area (Å²) in [7, 11) is 0.